The maximum Gasteiger partial charge on any atom is 0.153 e. The Bertz CT molecular complexity index is 194. The van der Waals surface area contributed by atoms with Crippen molar-refractivity contribution in [1.82, 2.24) is 4.90 Å². The summed E-state index contributed by atoms with van der Waals surface area (Å²) in [5, 5.41) is 0. The number of rotatable bonds is 1. The molecule has 1 saturated heterocycles. The fourth-order valence-electron chi connectivity index (χ4n) is 1.99. The summed E-state index contributed by atoms with van der Waals surface area (Å²) >= 11 is 0. The lowest BCUT2D eigenvalue weighted by Gasteiger charge is -2.29. The van der Waals surface area contributed by atoms with Crippen molar-refractivity contribution in [3.05, 3.63) is 0 Å². The molecule has 1 saturated carbocycles. The lowest BCUT2D eigenvalue weighted by molar-refractivity contribution is -0.123. The van der Waals surface area contributed by atoms with Crippen LogP contribution in [0, 0.1) is 0 Å². The normalized spacial score (nSPS) is 31.3. The Balaban J connectivity index is 2.16. The summed E-state index contributed by atoms with van der Waals surface area (Å²) in [5.74, 6) is 0.421. The van der Waals surface area contributed by atoms with Gasteiger partial charge in [-0.05, 0) is 26.7 Å². The predicted octanol–water partition coefficient (Wildman–Crippen LogP) is 1.20. The van der Waals surface area contributed by atoms with Crippen molar-refractivity contribution in [2.24, 2.45) is 0 Å². The van der Waals surface area contributed by atoms with Gasteiger partial charge in [0.25, 0.3) is 0 Å². The second-order valence-electron chi connectivity index (χ2n) is 4.16. The standard InChI is InChI=1S/C9H15NO/c1-9(2)8(11)5-6-10(9)7-3-4-7/h7H,3-6H2,1-2H3. The molecule has 0 unspecified atom stereocenters. The number of carbonyl (C=O) groups is 1. The molecule has 1 heterocycles. The Morgan fingerprint density at radius 2 is 2.09 bits per heavy atom. The van der Waals surface area contributed by atoms with Gasteiger partial charge < -0.3 is 0 Å². The van der Waals surface area contributed by atoms with Crippen LogP contribution in [0.5, 0.6) is 0 Å². The minimum atomic E-state index is -0.152. The van der Waals surface area contributed by atoms with E-state index >= 15 is 0 Å². The number of likely N-dealkylation sites (tertiary alicyclic amines) is 1. The van der Waals surface area contributed by atoms with E-state index in [0.29, 0.717) is 5.78 Å². The maximum atomic E-state index is 11.4. The lowest BCUT2D eigenvalue weighted by atomic mass is 10.0. The van der Waals surface area contributed by atoms with Gasteiger partial charge in [-0.2, -0.15) is 0 Å². The largest absolute Gasteiger partial charge is 0.298 e. The van der Waals surface area contributed by atoms with Gasteiger partial charge in [0.2, 0.25) is 0 Å². The van der Waals surface area contributed by atoms with Gasteiger partial charge >= 0.3 is 0 Å². The average Bonchev–Trinajstić information content (AvgIpc) is 2.67. The highest BCUT2D eigenvalue weighted by atomic mass is 16.1. The number of nitrogens with zero attached hydrogens (tertiary/aromatic N) is 1. The van der Waals surface area contributed by atoms with Crippen LogP contribution in [0.15, 0.2) is 0 Å². The second-order valence-corrected chi connectivity index (χ2v) is 4.16. The van der Waals surface area contributed by atoms with Gasteiger partial charge in [0.1, 0.15) is 0 Å². The van der Waals surface area contributed by atoms with Crippen LogP contribution in [-0.2, 0) is 4.79 Å². The molecule has 0 N–H and O–H groups in total. The Morgan fingerprint density at radius 3 is 2.45 bits per heavy atom. The molecule has 2 nitrogen and oxygen atoms in total. The first kappa shape index (κ1) is 7.29. The van der Waals surface area contributed by atoms with Gasteiger partial charge in [0, 0.05) is 19.0 Å². The third-order valence-electron chi connectivity index (χ3n) is 2.97. The smallest absolute Gasteiger partial charge is 0.153 e. The molecule has 0 aromatic heterocycles. The molecule has 62 valence electrons. The van der Waals surface area contributed by atoms with Crippen LogP contribution < -0.4 is 0 Å². The van der Waals surface area contributed by atoms with Crippen LogP contribution >= 0.6 is 0 Å². The van der Waals surface area contributed by atoms with Gasteiger partial charge in [-0.15, -0.1) is 0 Å². The Morgan fingerprint density at radius 1 is 1.45 bits per heavy atom. The molecule has 11 heavy (non-hydrogen) atoms. The van der Waals surface area contributed by atoms with Gasteiger partial charge in [-0.3, -0.25) is 9.69 Å². The number of carbonyl (C=O) groups excluding carboxylic acids is 1. The monoisotopic (exact) mass is 153 g/mol. The molecule has 1 aliphatic heterocycles. The van der Waals surface area contributed by atoms with E-state index in [2.05, 4.69) is 18.7 Å². The zero-order chi connectivity index (χ0) is 8.06. The summed E-state index contributed by atoms with van der Waals surface area (Å²) in [6.45, 7) is 5.11. The van der Waals surface area contributed by atoms with Gasteiger partial charge in [-0.1, -0.05) is 0 Å². The van der Waals surface area contributed by atoms with Crippen molar-refractivity contribution in [2.75, 3.05) is 6.54 Å². The van der Waals surface area contributed by atoms with Gasteiger partial charge in [-0.25, -0.2) is 0 Å². The molecule has 0 atom stereocenters. The molecule has 2 fully saturated rings. The van der Waals surface area contributed by atoms with E-state index in [4.69, 9.17) is 0 Å². The van der Waals surface area contributed by atoms with Crippen molar-refractivity contribution in [3.63, 3.8) is 0 Å². The number of Topliss-reactive ketones (excluding diaryl/α,β-unsaturated/α-hetero) is 1. The molecule has 2 heteroatoms. The van der Waals surface area contributed by atoms with Crippen LogP contribution in [0.2, 0.25) is 0 Å². The summed E-state index contributed by atoms with van der Waals surface area (Å²) in [4.78, 5) is 13.8. The third-order valence-corrected chi connectivity index (χ3v) is 2.97. The minimum absolute atomic E-state index is 0.152. The molecule has 2 rings (SSSR count). The topological polar surface area (TPSA) is 20.3 Å². The van der Waals surface area contributed by atoms with Crippen LogP contribution in [0.1, 0.15) is 33.1 Å². The fourth-order valence-corrected chi connectivity index (χ4v) is 1.99. The number of hydrogen-bond acceptors (Lipinski definition) is 2. The fraction of sp³-hybridized carbons (Fsp3) is 0.889. The SMILES string of the molecule is CC1(C)C(=O)CCN1C1CC1. The maximum absolute atomic E-state index is 11.4. The highest BCUT2D eigenvalue weighted by Gasteiger charge is 2.46. The minimum Gasteiger partial charge on any atom is -0.298 e. The molecule has 0 aromatic rings. The molecule has 0 spiro atoms. The van der Waals surface area contributed by atoms with E-state index in [1.807, 2.05) is 0 Å². The zero-order valence-electron chi connectivity index (χ0n) is 7.26. The Kier molecular flexibility index (Phi) is 1.37. The van der Waals surface area contributed by atoms with E-state index in [-0.39, 0.29) is 5.54 Å². The third kappa shape index (κ3) is 1.00. The quantitative estimate of drug-likeness (QED) is 0.564. The summed E-state index contributed by atoms with van der Waals surface area (Å²) in [7, 11) is 0. The van der Waals surface area contributed by atoms with Crippen molar-refractivity contribution in [3.8, 4) is 0 Å². The van der Waals surface area contributed by atoms with E-state index < -0.39 is 0 Å². The summed E-state index contributed by atoms with van der Waals surface area (Å²) in [6, 6.07) is 0.733. The van der Waals surface area contributed by atoms with Crippen LogP contribution in [0.25, 0.3) is 0 Å². The van der Waals surface area contributed by atoms with Gasteiger partial charge in [0.05, 0.1) is 5.54 Å². The molecular weight excluding hydrogens is 138 g/mol. The molecule has 2 aliphatic rings. The van der Waals surface area contributed by atoms with Crippen molar-refractivity contribution in [2.45, 2.75) is 44.7 Å². The summed E-state index contributed by atoms with van der Waals surface area (Å²) < 4.78 is 0. The molecule has 0 aromatic carbocycles. The van der Waals surface area contributed by atoms with Crippen molar-refractivity contribution < 1.29 is 4.79 Å². The van der Waals surface area contributed by atoms with E-state index in [1.54, 1.807) is 0 Å². The number of hydrogen-bond donors (Lipinski definition) is 0. The second kappa shape index (κ2) is 2.07. The first-order valence-electron chi connectivity index (χ1n) is 4.42. The number of ketones is 1. The molecule has 0 amide bonds. The van der Waals surface area contributed by atoms with E-state index in [0.717, 1.165) is 19.0 Å². The van der Waals surface area contributed by atoms with Crippen molar-refractivity contribution in [1.29, 1.82) is 0 Å². The van der Waals surface area contributed by atoms with Crippen LogP contribution in [0.3, 0.4) is 0 Å². The lowest BCUT2D eigenvalue weighted by Crippen LogP contribution is -2.43. The van der Waals surface area contributed by atoms with E-state index in [1.165, 1.54) is 12.8 Å². The Labute approximate surface area is 67.6 Å². The summed E-state index contributed by atoms with van der Waals surface area (Å²) in [5.41, 5.74) is -0.152. The van der Waals surface area contributed by atoms with Crippen LogP contribution in [0.4, 0.5) is 0 Å². The van der Waals surface area contributed by atoms with Crippen LogP contribution in [-0.4, -0.2) is 28.8 Å². The molecule has 1 aliphatic carbocycles. The van der Waals surface area contributed by atoms with Gasteiger partial charge in [0.15, 0.2) is 5.78 Å². The average molecular weight is 153 g/mol. The van der Waals surface area contributed by atoms with Crippen molar-refractivity contribution >= 4 is 5.78 Å². The first-order valence-corrected chi connectivity index (χ1v) is 4.42. The first-order chi connectivity index (χ1) is 5.12. The predicted molar refractivity (Wildman–Crippen MR) is 43.4 cm³/mol. The van der Waals surface area contributed by atoms with E-state index in [9.17, 15) is 4.79 Å². The Hall–Kier alpha value is -0.370. The highest BCUT2D eigenvalue weighted by molar-refractivity contribution is 5.89. The molecule has 0 bridgehead atoms. The summed E-state index contributed by atoms with van der Waals surface area (Å²) in [6.07, 6.45) is 3.37. The highest BCUT2D eigenvalue weighted by Crippen LogP contribution is 2.37. The molecular formula is C9H15NO. The zero-order valence-corrected chi connectivity index (χ0v) is 7.26. The molecule has 0 radical (unpaired) electrons.